The van der Waals surface area contributed by atoms with Gasteiger partial charge in [0, 0.05) is 43.3 Å². The smallest absolute Gasteiger partial charge is 0.321 e. The Hall–Kier alpha value is -3.81. The molecule has 0 atom stereocenters. The van der Waals surface area contributed by atoms with Crippen molar-refractivity contribution >= 4 is 47.4 Å². The molecule has 1 aromatic carbocycles. The molecular weight excluding hydrogens is 576 g/mol. The molecule has 40 heavy (non-hydrogen) atoms. The zero-order chi connectivity index (χ0) is 26.8. The Morgan fingerprint density at radius 2 is 1.90 bits per heavy atom. The van der Waals surface area contributed by atoms with E-state index >= 15 is 0 Å². The van der Waals surface area contributed by atoms with Gasteiger partial charge >= 0.3 is 6.55 Å². The summed E-state index contributed by atoms with van der Waals surface area (Å²) in [4.78, 5) is 31.0. The molecule has 214 valence electrons. The van der Waals surface area contributed by atoms with Gasteiger partial charge in [0.1, 0.15) is 22.8 Å². The molecule has 0 aliphatic carbocycles. The van der Waals surface area contributed by atoms with E-state index in [1.54, 1.807) is 6.07 Å². The van der Waals surface area contributed by atoms with Gasteiger partial charge in [-0.2, -0.15) is 8.78 Å². The van der Waals surface area contributed by atoms with Gasteiger partial charge in [-0.1, -0.05) is 0 Å². The van der Waals surface area contributed by atoms with Crippen molar-refractivity contribution in [2.45, 2.75) is 25.5 Å². The molecule has 4 aromatic rings. The van der Waals surface area contributed by atoms with Crippen molar-refractivity contribution in [3.8, 4) is 17.4 Å². The monoisotopic (exact) mass is 600 g/mol. The number of hydrogen-bond donors (Lipinski definition) is 2. The molecule has 0 unspecified atom stereocenters. The van der Waals surface area contributed by atoms with E-state index in [9.17, 15) is 22.8 Å². The van der Waals surface area contributed by atoms with E-state index in [1.807, 2.05) is 7.05 Å². The van der Waals surface area contributed by atoms with E-state index in [0.29, 0.717) is 16.9 Å². The second-order valence-corrected chi connectivity index (χ2v) is 8.80. The molecule has 1 aliphatic rings. The van der Waals surface area contributed by atoms with Gasteiger partial charge in [-0.15, -0.1) is 29.9 Å². The molecule has 15 heteroatoms. The first-order chi connectivity index (χ1) is 18.3. The Morgan fingerprint density at radius 1 is 1.15 bits per heavy atom. The first-order valence-electron chi connectivity index (χ1n) is 11.8. The predicted octanol–water partition coefficient (Wildman–Crippen LogP) is 5.02. The van der Waals surface area contributed by atoms with Crippen LogP contribution in [0.4, 0.5) is 18.9 Å². The molecule has 2 N–H and O–H groups in total. The largest absolute Gasteiger partial charge is 0.473 e. The number of amides is 1. The van der Waals surface area contributed by atoms with Gasteiger partial charge in [0.25, 0.3) is 11.5 Å². The highest BCUT2D eigenvalue weighted by Crippen LogP contribution is 2.36. The highest BCUT2D eigenvalue weighted by Gasteiger charge is 2.23. The van der Waals surface area contributed by atoms with E-state index in [4.69, 9.17) is 9.47 Å². The molecule has 1 amide bonds. The fraction of sp³-hybridized carbons (Fsp3) is 0.280. The zero-order valence-electron chi connectivity index (χ0n) is 21.0. The normalized spacial score (nSPS) is 13.9. The van der Waals surface area contributed by atoms with Crippen LogP contribution < -0.4 is 20.3 Å². The number of fused-ring (bicyclic) bond motifs is 1. The number of nitrogens with one attached hydrogen (secondary N) is 2. The van der Waals surface area contributed by atoms with Crippen molar-refractivity contribution in [3.05, 3.63) is 70.5 Å². The summed E-state index contributed by atoms with van der Waals surface area (Å²) < 4.78 is 52.9. The van der Waals surface area contributed by atoms with E-state index in [1.165, 1.54) is 18.3 Å². The van der Waals surface area contributed by atoms with Crippen LogP contribution in [-0.2, 0) is 0 Å². The van der Waals surface area contributed by atoms with Crippen molar-refractivity contribution in [2.75, 3.05) is 25.5 Å². The minimum Gasteiger partial charge on any atom is -0.473 e. The quantitative estimate of drug-likeness (QED) is 0.306. The van der Waals surface area contributed by atoms with Gasteiger partial charge in [-0.3, -0.25) is 19.3 Å². The number of pyridine rings is 2. The molecule has 0 radical (unpaired) electrons. The van der Waals surface area contributed by atoms with Crippen molar-refractivity contribution in [3.63, 3.8) is 0 Å². The summed E-state index contributed by atoms with van der Waals surface area (Å²) in [6.45, 7) is -1.31. The molecule has 3 aromatic heterocycles. The fourth-order valence-corrected chi connectivity index (χ4v) is 4.14. The maximum Gasteiger partial charge on any atom is 0.321 e. The predicted molar refractivity (Wildman–Crippen MR) is 146 cm³/mol. The summed E-state index contributed by atoms with van der Waals surface area (Å²) in [7, 11) is 2.05. The Morgan fingerprint density at radius 3 is 2.60 bits per heavy atom. The number of rotatable bonds is 7. The highest BCUT2D eigenvalue weighted by molar-refractivity contribution is 6.04. The van der Waals surface area contributed by atoms with Crippen LogP contribution in [-0.4, -0.2) is 56.8 Å². The molecule has 1 fully saturated rings. The third-order valence-corrected chi connectivity index (χ3v) is 6.17. The number of ether oxygens (including phenoxy) is 2. The first-order valence-corrected chi connectivity index (χ1v) is 11.8. The lowest BCUT2D eigenvalue weighted by molar-refractivity contribution is 0.0659. The summed E-state index contributed by atoms with van der Waals surface area (Å²) in [5.41, 5.74) is -1.27. The number of hydrogen-bond acceptors (Lipinski definition) is 7. The maximum absolute atomic E-state index is 15.0. The van der Waals surface area contributed by atoms with Crippen molar-refractivity contribution < 1.29 is 27.4 Å². The van der Waals surface area contributed by atoms with Gasteiger partial charge in [-0.05, 0) is 44.2 Å². The van der Waals surface area contributed by atoms with E-state index < -0.39 is 29.4 Å². The van der Waals surface area contributed by atoms with Crippen LogP contribution in [0, 0.1) is 5.82 Å². The number of halogens is 5. The second kappa shape index (κ2) is 13.0. The van der Waals surface area contributed by atoms with Gasteiger partial charge < -0.3 is 19.7 Å². The van der Waals surface area contributed by atoms with E-state index in [2.05, 4.69) is 25.4 Å². The molecule has 0 spiro atoms. The van der Waals surface area contributed by atoms with Crippen LogP contribution >= 0.6 is 24.8 Å². The number of H-pyrrole nitrogens is 1. The van der Waals surface area contributed by atoms with Gasteiger partial charge in [0.2, 0.25) is 5.88 Å². The summed E-state index contributed by atoms with van der Waals surface area (Å²) in [5.74, 6) is -1.35. The molecule has 1 aliphatic heterocycles. The SMILES string of the molecule is CN1CCC(Oc2n[nH]c3nccc(Oc4ccc(NC(=O)c5cccn(C(F)F)c5=O)cc4F)c23)CC1.Cl.Cl. The van der Waals surface area contributed by atoms with Gasteiger partial charge in [0.15, 0.2) is 17.2 Å². The number of nitrogens with zero attached hydrogens (tertiary/aromatic N) is 4. The minimum absolute atomic E-state index is 0. The van der Waals surface area contributed by atoms with Crippen LogP contribution in [0.25, 0.3) is 11.0 Å². The number of alkyl halides is 2. The summed E-state index contributed by atoms with van der Waals surface area (Å²) in [5, 5.41) is 9.81. The van der Waals surface area contributed by atoms with Crippen LogP contribution in [0.15, 0.2) is 53.6 Å². The second-order valence-electron chi connectivity index (χ2n) is 8.80. The zero-order valence-corrected chi connectivity index (χ0v) is 22.6. The topological polar surface area (TPSA) is 114 Å². The molecular formula is C25H25Cl2F3N6O4. The molecule has 1 saturated heterocycles. The summed E-state index contributed by atoms with van der Waals surface area (Å²) >= 11 is 0. The van der Waals surface area contributed by atoms with E-state index in [0.717, 1.165) is 50.3 Å². The summed E-state index contributed by atoms with van der Waals surface area (Å²) in [6, 6.07) is 7.44. The number of carbonyl (C=O) groups excluding carboxylic acids is 1. The number of anilines is 1. The number of aromatic amines is 1. The van der Waals surface area contributed by atoms with Crippen molar-refractivity contribution in [1.82, 2.24) is 24.6 Å². The number of piperidine rings is 1. The lowest BCUT2D eigenvalue weighted by atomic mass is 10.1. The molecule has 0 bridgehead atoms. The summed E-state index contributed by atoms with van der Waals surface area (Å²) in [6.07, 6.45) is 3.99. The molecule has 0 saturated carbocycles. The van der Waals surface area contributed by atoms with Gasteiger partial charge in [-0.25, -0.2) is 9.37 Å². The number of benzene rings is 1. The Bertz CT molecular complexity index is 1540. The number of carbonyl (C=O) groups is 1. The highest BCUT2D eigenvalue weighted by atomic mass is 35.5. The van der Waals surface area contributed by atoms with Crippen LogP contribution in [0.1, 0.15) is 29.7 Å². The Labute approximate surface area is 238 Å². The average molecular weight is 601 g/mol. The van der Waals surface area contributed by atoms with Crippen LogP contribution in [0.3, 0.4) is 0 Å². The molecule has 5 rings (SSSR count). The van der Waals surface area contributed by atoms with Crippen LogP contribution in [0.2, 0.25) is 0 Å². The van der Waals surface area contributed by atoms with Crippen molar-refractivity contribution in [1.29, 1.82) is 0 Å². The Kier molecular flexibility index (Phi) is 10.0. The molecule has 10 nitrogen and oxygen atoms in total. The number of aromatic nitrogens is 4. The maximum atomic E-state index is 15.0. The fourth-order valence-electron chi connectivity index (χ4n) is 4.14. The third kappa shape index (κ3) is 6.49. The first kappa shape index (κ1) is 30.7. The lowest BCUT2D eigenvalue weighted by Gasteiger charge is -2.28. The van der Waals surface area contributed by atoms with Gasteiger partial charge in [0.05, 0.1) is 0 Å². The minimum atomic E-state index is -3.10. The number of likely N-dealkylation sites (tertiary alicyclic amines) is 1. The van der Waals surface area contributed by atoms with Crippen molar-refractivity contribution in [2.24, 2.45) is 0 Å². The Balaban J connectivity index is 0.00000220. The van der Waals surface area contributed by atoms with Crippen LogP contribution in [0.5, 0.6) is 17.4 Å². The molecule has 4 heterocycles. The lowest BCUT2D eigenvalue weighted by Crippen LogP contribution is -2.35. The van der Waals surface area contributed by atoms with E-state index in [-0.39, 0.29) is 52.7 Å². The third-order valence-electron chi connectivity index (χ3n) is 6.17. The standard InChI is InChI=1S/C25H23F3N6O4.2ClH/c1-33-11-7-15(8-12-33)37-23-20-19(6-9-29-21(20)31-32-23)38-18-5-4-14(13-17(18)26)30-22(35)16-3-2-10-34(24(16)36)25(27)28;;/h2-6,9-10,13,15,25H,7-8,11-12H2,1H3,(H,30,35)(H,29,31,32);2*1H. The average Bonchev–Trinajstić information content (AvgIpc) is 3.30.